The van der Waals surface area contributed by atoms with E-state index in [2.05, 4.69) is 10.3 Å². The van der Waals surface area contributed by atoms with Crippen LogP contribution in [0.4, 0.5) is 0 Å². The first kappa shape index (κ1) is 13.6. The number of thiazole rings is 1. The Balaban J connectivity index is 2.58. The maximum atomic E-state index is 11.8. The molecule has 94 valence electrons. The smallest absolute Gasteiger partial charge is 0.355 e. The summed E-state index contributed by atoms with van der Waals surface area (Å²) in [6, 6.07) is 0. The Labute approximate surface area is 103 Å². The van der Waals surface area contributed by atoms with Gasteiger partial charge in [0.05, 0.1) is 0 Å². The number of carbonyl (C=O) groups excluding carboxylic acids is 1. The predicted octanol–water partition coefficient (Wildman–Crippen LogP) is 0.523. The zero-order valence-electron chi connectivity index (χ0n) is 9.77. The number of carboxylic acids is 1. The summed E-state index contributed by atoms with van der Waals surface area (Å²) in [4.78, 5) is 27.8. The molecular formula is C10H15N3O3S. The molecule has 1 amide bonds. The van der Waals surface area contributed by atoms with E-state index in [1.54, 1.807) is 11.9 Å². The van der Waals surface area contributed by atoms with E-state index >= 15 is 0 Å². The van der Waals surface area contributed by atoms with Crippen molar-refractivity contribution >= 4 is 23.2 Å². The number of amides is 1. The molecule has 7 heteroatoms. The molecular weight excluding hydrogens is 242 g/mol. The van der Waals surface area contributed by atoms with Crippen molar-refractivity contribution in [2.24, 2.45) is 0 Å². The molecule has 1 aromatic rings. The van der Waals surface area contributed by atoms with Crippen molar-refractivity contribution in [2.75, 3.05) is 27.2 Å². The van der Waals surface area contributed by atoms with Gasteiger partial charge in [0.25, 0.3) is 5.91 Å². The van der Waals surface area contributed by atoms with Crippen molar-refractivity contribution < 1.29 is 14.7 Å². The zero-order valence-corrected chi connectivity index (χ0v) is 10.6. The van der Waals surface area contributed by atoms with Crippen LogP contribution in [0.15, 0.2) is 5.38 Å². The van der Waals surface area contributed by atoms with Gasteiger partial charge in [-0.2, -0.15) is 0 Å². The van der Waals surface area contributed by atoms with Gasteiger partial charge in [-0.15, -0.1) is 11.3 Å². The average Bonchev–Trinajstić information content (AvgIpc) is 2.77. The molecule has 17 heavy (non-hydrogen) atoms. The maximum absolute atomic E-state index is 11.8. The summed E-state index contributed by atoms with van der Waals surface area (Å²) in [5.74, 6) is -1.35. The van der Waals surface area contributed by atoms with Gasteiger partial charge >= 0.3 is 5.97 Å². The van der Waals surface area contributed by atoms with Gasteiger partial charge < -0.3 is 15.3 Å². The minimum atomic E-state index is -1.11. The Morgan fingerprint density at radius 3 is 2.82 bits per heavy atom. The minimum Gasteiger partial charge on any atom is -0.476 e. The monoisotopic (exact) mass is 257 g/mol. The van der Waals surface area contributed by atoms with Crippen LogP contribution in [-0.4, -0.2) is 54.1 Å². The van der Waals surface area contributed by atoms with Crippen LogP contribution in [0.1, 0.15) is 26.7 Å². The van der Waals surface area contributed by atoms with E-state index in [4.69, 9.17) is 5.11 Å². The van der Waals surface area contributed by atoms with Crippen LogP contribution in [0, 0.1) is 0 Å². The molecule has 0 aromatic carbocycles. The summed E-state index contributed by atoms with van der Waals surface area (Å²) in [5, 5.41) is 13.3. The first-order valence-corrected chi connectivity index (χ1v) is 6.03. The van der Waals surface area contributed by atoms with E-state index in [0.717, 1.165) is 24.3 Å². The highest BCUT2D eigenvalue weighted by Crippen LogP contribution is 2.12. The molecule has 1 heterocycles. The van der Waals surface area contributed by atoms with Gasteiger partial charge in [0.15, 0.2) is 10.7 Å². The van der Waals surface area contributed by atoms with E-state index in [0.29, 0.717) is 6.54 Å². The Bertz CT molecular complexity index is 405. The van der Waals surface area contributed by atoms with Crippen molar-refractivity contribution in [3.8, 4) is 0 Å². The molecule has 6 nitrogen and oxygen atoms in total. The number of rotatable bonds is 6. The van der Waals surface area contributed by atoms with Crippen molar-refractivity contribution in [1.29, 1.82) is 0 Å². The lowest BCUT2D eigenvalue weighted by molar-refractivity contribution is 0.0691. The largest absolute Gasteiger partial charge is 0.476 e. The summed E-state index contributed by atoms with van der Waals surface area (Å²) in [7, 11) is 3.53. The lowest BCUT2D eigenvalue weighted by Gasteiger charge is -2.15. The van der Waals surface area contributed by atoms with Gasteiger partial charge in [-0.25, -0.2) is 9.78 Å². The molecule has 0 spiro atoms. The van der Waals surface area contributed by atoms with Crippen LogP contribution in [0.3, 0.4) is 0 Å². The second-order valence-electron chi connectivity index (χ2n) is 3.53. The summed E-state index contributed by atoms with van der Waals surface area (Å²) in [5.41, 5.74) is -0.0815. The maximum Gasteiger partial charge on any atom is 0.355 e. The first-order valence-electron chi connectivity index (χ1n) is 5.15. The van der Waals surface area contributed by atoms with Crippen LogP contribution < -0.4 is 5.32 Å². The van der Waals surface area contributed by atoms with Crippen LogP contribution >= 0.6 is 11.3 Å². The second-order valence-corrected chi connectivity index (χ2v) is 4.38. The molecule has 0 saturated carbocycles. The molecule has 0 aliphatic heterocycles. The zero-order chi connectivity index (χ0) is 12.8. The van der Waals surface area contributed by atoms with Gasteiger partial charge in [-0.1, -0.05) is 0 Å². The third kappa shape index (κ3) is 3.79. The number of carbonyl (C=O) groups is 2. The second kappa shape index (κ2) is 6.31. The highest BCUT2D eigenvalue weighted by atomic mass is 32.1. The molecule has 0 atom stereocenters. The molecule has 0 bridgehead atoms. The lowest BCUT2D eigenvalue weighted by Crippen LogP contribution is -2.29. The fourth-order valence-electron chi connectivity index (χ4n) is 1.23. The Kier molecular flexibility index (Phi) is 5.05. The molecule has 0 unspecified atom stereocenters. The van der Waals surface area contributed by atoms with Gasteiger partial charge in [-0.3, -0.25) is 4.79 Å². The minimum absolute atomic E-state index is 0.0815. The van der Waals surface area contributed by atoms with Gasteiger partial charge in [-0.05, 0) is 20.0 Å². The summed E-state index contributed by atoms with van der Waals surface area (Å²) >= 11 is 1.05. The van der Waals surface area contributed by atoms with Gasteiger partial charge in [0, 0.05) is 19.0 Å². The molecule has 1 aromatic heterocycles. The van der Waals surface area contributed by atoms with Crippen LogP contribution in [0.2, 0.25) is 0 Å². The van der Waals surface area contributed by atoms with Crippen LogP contribution in [-0.2, 0) is 0 Å². The van der Waals surface area contributed by atoms with E-state index in [1.807, 2.05) is 7.05 Å². The van der Waals surface area contributed by atoms with Crippen molar-refractivity contribution in [2.45, 2.75) is 6.42 Å². The highest BCUT2D eigenvalue weighted by Gasteiger charge is 2.17. The fraction of sp³-hybridized carbons (Fsp3) is 0.500. The number of aromatic nitrogens is 1. The molecule has 0 saturated heterocycles. The summed E-state index contributed by atoms with van der Waals surface area (Å²) in [6.45, 7) is 1.44. The Hall–Kier alpha value is -1.47. The summed E-state index contributed by atoms with van der Waals surface area (Å²) < 4.78 is 0. The predicted molar refractivity (Wildman–Crippen MR) is 64.6 cm³/mol. The molecule has 0 aliphatic rings. The van der Waals surface area contributed by atoms with Crippen LogP contribution in [0.25, 0.3) is 0 Å². The number of nitrogens with zero attached hydrogens (tertiary/aromatic N) is 2. The van der Waals surface area contributed by atoms with Crippen molar-refractivity contribution in [1.82, 2.24) is 15.2 Å². The first-order chi connectivity index (χ1) is 8.06. The Morgan fingerprint density at radius 1 is 1.59 bits per heavy atom. The standard InChI is InChI=1S/C10H15N3O3S/c1-11-4-3-5-13(2)9(14)8-12-7(6-17-8)10(15)16/h6,11H,3-5H2,1-2H3,(H,15,16). The fourth-order valence-corrected chi connectivity index (χ4v) is 2.01. The lowest BCUT2D eigenvalue weighted by atomic mass is 10.4. The highest BCUT2D eigenvalue weighted by molar-refractivity contribution is 7.11. The normalized spacial score (nSPS) is 10.2. The quantitative estimate of drug-likeness (QED) is 0.726. The van der Waals surface area contributed by atoms with Crippen molar-refractivity contribution in [3.63, 3.8) is 0 Å². The summed E-state index contributed by atoms with van der Waals surface area (Å²) in [6.07, 6.45) is 0.843. The number of nitrogens with one attached hydrogen (secondary N) is 1. The average molecular weight is 257 g/mol. The SMILES string of the molecule is CNCCCN(C)C(=O)c1nc(C(=O)O)cs1. The number of hydrogen-bond acceptors (Lipinski definition) is 5. The van der Waals surface area contributed by atoms with Crippen molar-refractivity contribution in [3.05, 3.63) is 16.1 Å². The van der Waals surface area contributed by atoms with E-state index in [1.165, 1.54) is 5.38 Å². The third-order valence-electron chi connectivity index (χ3n) is 2.17. The van der Waals surface area contributed by atoms with Crippen LogP contribution in [0.5, 0.6) is 0 Å². The molecule has 0 radical (unpaired) electrons. The number of hydrogen-bond donors (Lipinski definition) is 2. The van der Waals surface area contributed by atoms with E-state index in [9.17, 15) is 9.59 Å². The molecule has 2 N–H and O–H groups in total. The van der Waals surface area contributed by atoms with E-state index in [-0.39, 0.29) is 16.6 Å². The topological polar surface area (TPSA) is 82.5 Å². The Morgan fingerprint density at radius 2 is 2.29 bits per heavy atom. The molecule has 0 fully saturated rings. The molecule has 0 aliphatic carbocycles. The number of aromatic carboxylic acids is 1. The van der Waals surface area contributed by atoms with Gasteiger partial charge in [0.2, 0.25) is 0 Å². The van der Waals surface area contributed by atoms with Gasteiger partial charge in [0.1, 0.15) is 0 Å². The molecule has 1 rings (SSSR count). The third-order valence-corrected chi connectivity index (χ3v) is 3.00. The van der Waals surface area contributed by atoms with E-state index < -0.39 is 5.97 Å². The number of carboxylic acid groups (broad SMARTS) is 1.